The van der Waals surface area contributed by atoms with Gasteiger partial charge in [0.05, 0.1) is 23.5 Å². The summed E-state index contributed by atoms with van der Waals surface area (Å²) in [6, 6.07) is 3.91. The van der Waals surface area contributed by atoms with Crippen molar-refractivity contribution >= 4 is 34.6 Å². The zero-order valence-corrected chi connectivity index (χ0v) is 17.4. The average molecular weight is 477 g/mol. The molecule has 3 rings (SSSR count). The van der Waals surface area contributed by atoms with E-state index >= 15 is 0 Å². The van der Waals surface area contributed by atoms with Crippen LogP contribution in [-0.2, 0) is 28.8 Å². The van der Waals surface area contributed by atoms with Crippen molar-refractivity contribution in [1.29, 1.82) is 0 Å². The highest BCUT2D eigenvalue weighted by Crippen LogP contribution is 2.38. The van der Waals surface area contributed by atoms with Gasteiger partial charge in [0.25, 0.3) is 17.2 Å². The van der Waals surface area contributed by atoms with Gasteiger partial charge in [-0.2, -0.15) is 13.2 Å². The zero-order chi connectivity index (χ0) is 24.0. The molecule has 1 heterocycles. The lowest BCUT2D eigenvalue weighted by Crippen LogP contribution is -2.43. The summed E-state index contributed by atoms with van der Waals surface area (Å²) in [7, 11) is 0. The van der Waals surface area contributed by atoms with Crippen molar-refractivity contribution in [3.05, 3.63) is 59.2 Å². The largest absolute Gasteiger partial charge is 0.419 e. The first-order valence-corrected chi connectivity index (χ1v) is 10.0. The molecule has 7 nitrogen and oxygen atoms in total. The number of carbonyl (C=O) groups excluding carboxylic acids is 2. The molecule has 0 aromatic heterocycles. The molecule has 1 saturated heterocycles. The maximum atomic E-state index is 13.6. The Bertz CT molecular complexity index is 1120. The Labute approximate surface area is 181 Å². The van der Waals surface area contributed by atoms with Crippen LogP contribution in [0.3, 0.4) is 0 Å². The standard InChI is InChI=1S/C19H16F5N3O4S/c1-18(2)16(28)27(12-5-6-14(21)13(8-12)19(22,23)24)17(29)26(18)9-10-3-4-11(20)7-15(10)25-32(30)31/h3-8,25H,9H2,1-2H3,(H,30,31). The fourth-order valence-corrected chi connectivity index (χ4v) is 3.62. The van der Waals surface area contributed by atoms with Crippen LogP contribution in [0.15, 0.2) is 36.4 Å². The van der Waals surface area contributed by atoms with Crippen molar-refractivity contribution in [1.82, 2.24) is 4.90 Å². The number of amides is 3. The van der Waals surface area contributed by atoms with E-state index in [0.717, 1.165) is 23.1 Å². The first kappa shape index (κ1) is 23.6. The number of benzene rings is 2. The lowest BCUT2D eigenvalue weighted by Gasteiger charge is -2.28. The molecule has 1 atom stereocenters. The third kappa shape index (κ3) is 4.30. The molecule has 0 spiro atoms. The van der Waals surface area contributed by atoms with Gasteiger partial charge in [-0.15, -0.1) is 0 Å². The van der Waals surface area contributed by atoms with Crippen LogP contribution in [0.1, 0.15) is 25.0 Å². The van der Waals surface area contributed by atoms with Crippen LogP contribution in [0, 0.1) is 11.6 Å². The summed E-state index contributed by atoms with van der Waals surface area (Å²) < 4.78 is 88.7. The van der Waals surface area contributed by atoms with Gasteiger partial charge in [0.15, 0.2) is 0 Å². The first-order chi connectivity index (χ1) is 14.7. The summed E-state index contributed by atoms with van der Waals surface area (Å²) in [5.41, 5.74) is -3.62. The normalized spacial score (nSPS) is 17.1. The van der Waals surface area contributed by atoms with Gasteiger partial charge in [-0.1, -0.05) is 6.07 Å². The van der Waals surface area contributed by atoms with Crippen molar-refractivity contribution < 1.29 is 40.3 Å². The lowest BCUT2D eigenvalue weighted by atomic mass is 10.0. The molecule has 1 fully saturated rings. The number of rotatable bonds is 5. The smallest absolute Gasteiger partial charge is 0.305 e. The molecule has 2 N–H and O–H groups in total. The Balaban J connectivity index is 2.01. The SMILES string of the molecule is CC1(C)C(=O)N(c2ccc(F)c(C(F)(F)F)c2)C(=O)N1Cc1ccc(F)cc1NS(=O)O. The number of hydrogen-bond acceptors (Lipinski definition) is 3. The monoisotopic (exact) mass is 477 g/mol. The molecule has 0 saturated carbocycles. The summed E-state index contributed by atoms with van der Waals surface area (Å²) in [5.74, 6) is -3.17. The topological polar surface area (TPSA) is 90.0 Å². The number of carbonyl (C=O) groups is 2. The highest BCUT2D eigenvalue weighted by molar-refractivity contribution is 7.80. The second-order valence-electron chi connectivity index (χ2n) is 7.38. The van der Waals surface area contributed by atoms with Gasteiger partial charge in [-0.25, -0.2) is 22.7 Å². The molecule has 1 unspecified atom stereocenters. The number of anilines is 2. The first-order valence-electron chi connectivity index (χ1n) is 8.92. The van der Waals surface area contributed by atoms with E-state index in [-0.39, 0.29) is 17.8 Å². The van der Waals surface area contributed by atoms with Crippen LogP contribution in [-0.4, -0.2) is 31.1 Å². The second-order valence-corrected chi connectivity index (χ2v) is 8.09. The van der Waals surface area contributed by atoms with Crippen LogP contribution in [0.4, 0.5) is 38.1 Å². The van der Waals surface area contributed by atoms with Crippen LogP contribution in [0.2, 0.25) is 0 Å². The Hall–Kier alpha value is -3.06. The van der Waals surface area contributed by atoms with Crippen LogP contribution in [0.25, 0.3) is 0 Å². The van der Waals surface area contributed by atoms with Crippen LogP contribution >= 0.6 is 0 Å². The third-order valence-corrected chi connectivity index (χ3v) is 5.33. The number of halogens is 5. The maximum Gasteiger partial charge on any atom is 0.419 e. The number of hydrogen-bond donors (Lipinski definition) is 2. The van der Waals surface area contributed by atoms with Gasteiger partial charge in [0, 0.05) is 0 Å². The van der Waals surface area contributed by atoms with E-state index in [0.29, 0.717) is 17.0 Å². The van der Waals surface area contributed by atoms with Crippen molar-refractivity contribution in [3.8, 4) is 0 Å². The summed E-state index contributed by atoms with van der Waals surface area (Å²) >= 11 is -2.56. The van der Waals surface area contributed by atoms with E-state index in [2.05, 4.69) is 4.72 Å². The predicted molar refractivity (Wildman–Crippen MR) is 105 cm³/mol. The minimum Gasteiger partial charge on any atom is -0.305 e. The van der Waals surface area contributed by atoms with E-state index < -0.39 is 57.8 Å². The zero-order valence-electron chi connectivity index (χ0n) is 16.5. The van der Waals surface area contributed by atoms with Crippen LogP contribution in [0.5, 0.6) is 0 Å². The molecule has 0 aliphatic carbocycles. The molecule has 2 aromatic carbocycles. The molecule has 1 aliphatic heterocycles. The second kappa shape index (κ2) is 8.13. The maximum absolute atomic E-state index is 13.6. The van der Waals surface area contributed by atoms with Gasteiger partial charge < -0.3 is 4.90 Å². The number of nitrogens with one attached hydrogen (secondary N) is 1. The Kier molecular flexibility index (Phi) is 6.00. The number of urea groups is 1. The Morgan fingerprint density at radius 1 is 1.09 bits per heavy atom. The minimum atomic E-state index is -5.05. The summed E-state index contributed by atoms with van der Waals surface area (Å²) in [5, 5.41) is 0. The average Bonchev–Trinajstić information content (AvgIpc) is 2.82. The molecule has 0 radical (unpaired) electrons. The van der Waals surface area contributed by atoms with Gasteiger partial charge in [-0.05, 0) is 49.7 Å². The van der Waals surface area contributed by atoms with Crippen molar-refractivity contribution in [2.75, 3.05) is 9.62 Å². The van der Waals surface area contributed by atoms with Crippen molar-refractivity contribution in [3.63, 3.8) is 0 Å². The van der Waals surface area contributed by atoms with Gasteiger partial charge in [-0.3, -0.25) is 14.1 Å². The fraction of sp³-hybridized carbons (Fsp3) is 0.263. The number of imide groups is 1. The molecule has 172 valence electrons. The van der Waals surface area contributed by atoms with Crippen molar-refractivity contribution in [2.24, 2.45) is 0 Å². The lowest BCUT2D eigenvalue weighted by molar-refractivity contribution is -0.140. The Morgan fingerprint density at radius 2 is 1.75 bits per heavy atom. The molecular formula is C19H16F5N3O4S. The minimum absolute atomic E-state index is 0.124. The molecular weight excluding hydrogens is 461 g/mol. The number of alkyl halides is 3. The Morgan fingerprint density at radius 3 is 2.34 bits per heavy atom. The highest BCUT2D eigenvalue weighted by Gasteiger charge is 2.52. The van der Waals surface area contributed by atoms with E-state index in [1.807, 2.05) is 0 Å². The van der Waals surface area contributed by atoms with E-state index in [4.69, 9.17) is 4.55 Å². The van der Waals surface area contributed by atoms with Gasteiger partial charge in [0.2, 0.25) is 0 Å². The van der Waals surface area contributed by atoms with Crippen LogP contribution < -0.4 is 9.62 Å². The fourth-order valence-electron chi connectivity index (χ4n) is 3.24. The quantitative estimate of drug-likeness (QED) is 0.382. The molecule has 0 bridgehead atoms. The van der Waals surface area contributed by atoms with E-state index in [1.165, 1.54) is 19.9 Å². The highest BCUT2D eigenvalue weighted by atomic mass is 32.2. The van der Waals surface area contributed by atoms with Gasteiger partial charge in [0.1, 0.15) is 17.2 Å². The van der Waals surface area contributed by atoms with E-state index in [9.17, 15) is 35.8 Å². The molecule has 32 heavy (non-hydrogen) atoms. The summed E-state index contributed by atoms with van der Waals surface area (Å²) in [6.45, 7) is 2.35. The molecule has 2 aromatic rings. The number of nitrogens with zero attached hydrogens (tertiary/aromatic N) is 2. The molecule has 1 aliphatic rings. The molecule has 13 heteroatoms. The third-order valence-electron chi connectivity index (χ3n) is 4.93. The van der Waals surface area contributed by atoms with Gasteiger partial charge >= 0.3 is 12.2 Å². The summed E-state index contributed by atoms with van der Waals surface area (Å²) in [6.07, 6.45) is -5.05. The predicted octanol–water partition coefficient (Wildman–Crippen LogP) is 4.28. The summed E-state index contributed by atoms with van der Waals surface area (Å²) in [4.78, 5) is 27.5. The molecule has 3 amide bonds. The van der Waals surface area contributed by atoms with E-state index in [1.54, 1.807) is 0 Å². The van der Waals surface area contributed by atoms with Crippen molar-refractivity contribution in [2.45, 2.75) is 32.1 Å².